The summed E-state index contributed by atoms with van der Waals surface area (Å²) < 4.78 is 5.35. The number of aliphatic hydroxyl groups excluding tert-OH is 1. The fourth-order valence-electron chi connectivity index (χ4n) is 2.70. The molecule has 2 N–H and O–H groups in total. The second-order valence-electron chi connectivity index (χ2n) is 5.37. The van der Waals surface area contributed by atoms with Crippen molar-refractivity contribution in [3.8, 4) is 5.75 Å². The summed E-state index contributed by atoms with van der Waals surface area (Å²) in [5.41, 5.74) is 2.30. The highest BCUT2D eigenvalue weighted by Gasteiger charge is 2.45. The number of nitrogens with zero attached hydrogens (tertiary/aromatic N) is 1. The highest BCUT2D eigenvalue weighted by molar-refractivity contribution is 5.95. The molecular formula is C17H18N2O3. The minimum absolute atomic E-state index is 0.0430. The third-order valence-electron chi connectivity index (χ3n) is 4.01. The maximum absolute atomic E-state index is 12.4. The van der Waals surface area contributed by atoms with Crippen molar-refractivity contribution in [2.24, 2.45) is 5.92 Å². The van der Waals surface area contributed by atoms with Gasteiger partial charge in [-0.25, -0.2) is 0 Å². The SMILES string of the molecule is COc1ccccc1C1CC1C(=O)Nc1cnccc1CO. The van der Waals surface area contributed by atoms with Crippen LogP contribution in [0.4, 0.5) is 5.69 Å². The molecule has 3 rings (SSSR count). The molecule has 22 heavy (non-hydrogen) atoms. The molecule has 114 valence electrons. The molecule has 1 heterocycles. The van der Waals surface area contributed by atoms with Crippen molar-refractivity contribution < 1.29 is 14.6 Å². The van der Waals surface area contributed by atoms with Crippen molar-refractivity contribution in [3.63, 3.8) is 0 Å². The first-order valence-electron chi connectivity index (χ1n) is 7.22. The number of amides is 1. The van der Waals surface area contributed by atoms with E-state index in [4.69, 9.17) is 4.74 Å². The Kier molecular flexibility index (Phi) is 4.06. The van der Waals surface area contributed by atoms with E-state index in [1.54, 1.807) is 25.6 Å². The molecule has 2 aromatic rings. The molecule has 0 bridgehead atoms. The zero-order valence-corrected chi connectivity index (χ0v) is 12.3. The maximum atomic E-state index is 12.4. The number of ether oxygens (including phenoxy) is 1. The van der Waals surface area contributed by atoms with E-state index in [0.717, 1.165) is 17.7 Å². The minimum Gasteiger partial charge on any atom is -0.496 e. The quantitative estimate of drug-likeness (QED) is 0.888. The number of methoxy groups -OCH3 is 1. The molecule has 0 aliphatic heterocycles. The molecule has 1 aromatic heterocycles. The van der Waals surface area contributed by atoms with Crippen molar-refractivity contribution >= 4 is 11.6 Å². The van der Waals surface area contributed by atoms with Crippen LogP contribution in [0, 0.1) is 5.92 Å². The van der Waals surface area contributed by atoms with E-state index >= 15 is 0 Å². The van der Waals surface area contributed by atoms with Gasteiger partial charge in [-0.3, -0.25) is 9.78 Å². The van der Waals surface area contributed by atoms with Crippen LogP contribution in [0.5, 0.6) is 5.75 Å². The van der Waals surface area contributed by atoms with Gasteiger partial charge in [0.05, 0.1) is 25.6 Å². The standard InChI is InChI=1S/C17H18N2O3/c1-22-16-5-3-2-4-12(16)13-8-14(13)17(21)19-15-9-18-7-6-11(15)10-20/h2-7,9,13-14,20H,8,10H2,1H3,(H,19,21). The Hall–Kier alpha value is -2.40. The first-order valence-corrected chi connectivity index (χ1v) is 7.22. The second kappa shape index (κ2) is 6.15. The summed E-state index contributed by atoms with van der Waals surface area (Å²) in [6.07, 6.45) is 3.96. The highest BCUT2D eigenvalue weighted by Crippen LogP contribution is 2.50. The van der Waals surface area contributed by atoms with Gasteiger partial charge in [-0.1, -0.05) is 18.2 Å². The number of benzene rings is 1. The molecule has 1 saturated carbocycles. The summed E-state index contributed by atoms with van der Waals surface area (Å²) in [4.78, 5) is 16.3. The van der Waals surface area contributed by atoms with Gasteiger partial charge in [0.1, 0.15) is 5.75 Å². The zero-order valence-electron chi connectivity index (χ0n) is 12.3. The van der Waals surface area contributed by atoms with Gasteiger partial charge in [0, 0.05) is 17.7 Å². The number of aliphatic hydroxyl groups is 1. The summed E-state index contributed by atoms with van der Waals surface area (Å²) in [5, 5.41) is 12.1. The molecule has 1 amide bonds. The lowest BCUT2D eigenvalue weighted by atomic mass is 10.1. The predicted octanol–water partition coefficient (Wildman–Crippen LogP) is 2.32. The molecule has 1 fully saturated rings. The van der Waals surface area contributed by atoms with Crippen molar-refractivity contribution in [1.82, 2.24) is 4.98 Å². The van der Waals surface area contributed by atoms with E-state index in [0.29, 0.717) is 11.3 Å². The van der Waals surface area contributed by atoms with Gasteiger partial charge in [0.15, 0.2) is 0 Å². The molecular weight excluding hydrogens is 280 g/mol. The molecule has 0 spiro atoms. The first-order chi connectivity index (χ1) is 10.7. The lowest BCUT2D eigenvalue weighted by Crippen LogP contribution is -2.16. The molecule has 1 aliphatic rings. The van der Waals surface area contributed by atoms with Gasteiger partial charge in [-0.15, -0.1) is 0 Å². The highest BCUT2D eigenvalue weighted by atomic mass is 16.5. The van der Waals surface area contributed by atoms with Gasteiger partial charge in [-0.2, -0.15) is 0 Å². The van der Waals surface area contributed by atoms with Gasteiger partial charge < -0.3 is 15.2 Å². The average Bonchev–Trinajstić information content (AvgIpc) is 3.36. The van der Waals surface area contributed by atoms with Crippen molar-refractivity contribution in [1.29, 1.82) is 0 Å². The number of hydrogen-bond acceptors (Lipinski definition) is 4. The Morgan fingerprint density at radius 3 is 3.00 bits per heavy atom. The number of rotatable bonds is 5. The van der Waals surface area contributed by atoms with E-state index < -0.39 is 0 Å². The van der Waals surface area contributed by atoms with Crippen molar-refractivity contribution in [3.05, 3.63) is 53.9 Å². The number of carbonyl (C=O) groups excluding carboxylic acids is 1. The normalized spacial score (nSPS) is 19.5. The van der Waals surface area contributed by atoms with Crippen molar-refractivity contribution in [2.75, 3.05) is 12.4 Å². The van der Waals surface area contributed by atoms with Crippen LogP contribution in [-0.2, 0) is 11.4 Å². The fourth-order valence-corrected chi connectivity index (χ4v) is 2.70. The lowest BCUT2D eigenvalue weighted by molar-refractivity contribution is -0.117. The van der Waals surface area contributed by atoms with E-state index in [-0.39, 0.29) is 24.3 Å². The topological polar surface area (TPSA) is 71.5 Å². The van der Waals surface area contributed by atoms with Crippen LogP contribution in [0.15, 0.2) is 42.7 Å². The number of aromatic nitrogens is 1. The van der Waals surface area contributed by atoms with Gasteiger partial charge >= 0.3 is 0 Å². The Morgan fingerprint density at radius 2 is 2.23 bits per heavy atom. The summed E-state index contributed by atoms with van der Waals surface area (Å²) in [5.74, 6) is 0.896. The molecule has 2 atom stereocenters. The third-order valence-corrected chi connectivity index (χ3v) is 4.01. The van der Waals surface area contributed by atoms with Crippen LogP contribution >= 0.6 is 0 Å². The molecule has 5 heteroatoms. The maximum Gasteiger partial charge on any atom is 0.228 e. The van der Waals surface area contributed by atoms with E-state index in [9.17, 15) is 9.90 Å². The van der Waals surface area contributed by atoms with Gasteiger partial charge in [-0.05, 0) is 30.0 Å². The Bertz CT molecular complexity index is 687. The van der Waals surface area contributed by atoms with Crippen molar-refractivity contribution in [2.45, 2.75) is 18.9 Å². The number of nitrogens with one attached hydrogen (secondary N) is 1. The predicted molar refractivity (Wildman–Crippen MR) is 82.6 cm³/mol. The zero-order chi connectivity index (χ0) is 15.5. The van der Waals surface area contributed by atoms with Gasteiger partial charge in [0.25, 0.3) is 0 Å². The number of carbonyl (C=O) groups is 1. The number of hydrogen-bond donors (Lipinski definition) is 2. The number of para-hydroxylation sites is 1. The summed E-state index contributed by atoms with van der Waals surface area (Å²) >= 11 is 0. The van der Waals surface area contributed by atoms with Gasteiger partial charge in [0.2, 0.25) is 5.91 Å². The smallest absolute Gasteiger partial charge is 0.228 e. The van der Waals surface area contributed by atoms with Crippen LogP contribution in [0.3, 0.4) is 0 Å². The molecule has 1 aromatic carbocycles. The van der Waals surface area contributed by atoms with Crippen LogP contribution in [0.2, 0.25) is 0 Å². The Balaban J connectivity index is 1.71. The van der Waals surface area contributed by atoms with E-state index in [2.05, 4.69) is 10.3 Å². The minimum atomic E-state index is -0.126. The fraction of sp³-hybridized carbons (Fsp3) is 0.294. The van der Waals surface area contributed by atoms with Crippen LogP contribution in [0.25, 0.3) is 0 Å². The van der Waals surface area contributed by atoms with Crippen LogP contribution in [0.1, 0.15) is 23.5 Å². The Morgan fingerprint density at radius 1 is 1.41 bits per heavy atom. The van der Waals surface area contributed by atoms with E-state index in [1.165, 1.54) is 0 Å². The molecule has 1 aliphatic carbocycles. The van der Waals surface area contributed by atoms with E-state index in [1.807, 2.05) is 24.3 Å². The molecule has 2 unspecified atom stereocenters. The van der Waals surface area contributed by atoms with Crippen LogP contribution in [-0.4, -0.2) is 23.1 Å². The largest absolute Gasteiger partial charge is 0.496 e. The number of anilines is 1. The summed E-state index contributed by atoms with van der Waals surface area (Å²) in [6, 6.07) is 9.48. The molecule has 5 nitrogen and oxygen atoms in total. The lowest BCUT2D eigenvalue weighted by Gasteiger charge is -2.10. The average molecular weight is 298 g/mol. The molecule has 0 saturated heterocycles. The second-order valence-corrected chi connectivity index (χ2v) is 5.37. The third kappa shape index (κ3) is 2.80. The van der Waals surface area contributed by atoms with Crippen LogP contribution < -0.4 is 10.1 Å². The Labute approximate surface area is 129 Å². The first kappa shape index (κ1) is 14.5. The number of pyridine rings is 1. The monoisotopic (exact) mass is 298 g/mol. The molecule has 0 radical (unpaired) electrons. The summed E-state index contributed by atoms with van der Waals surface area (Å²) in [7, 11) is 1.64. The summed E-state index contributed by atoms with van der Waals surface area (Å²) in [6.45, 7) is -0.126.